The molecule has 0 bridgehead atoms. The number of hydrogen-bond donors (Lipinski definition) is 0. The van der Waals surface area contributed by atoms with E-state index in [-0.39, 0.29) is 11.9 Å². The van der Waals surface area contributed by atoms with E-state index in [1.807, 2.05) is 6.07 Å². The molecule has 0 atom stereocenters. The largest absolute Gasteiger partial charge is 0.490 e. The lowest BCUT2D eigenvalue weighted by Gasteiger charge is -2.08. The number of rotatable bonds is 4. The normalized spacial score (nSPS) is 16.3. The van der Waals surface area contributed by atoms with E-state index in [0.717, 1.165) is 12.8 Å². The fourth-order valence-electron chi connectivity index (χ4n) is 1.29. The van der Waals surface area contributed by atoms with Crippen molar-refractivity contribution >= 4 is 19.7 Å². The van der Waals surface area contributed by atoms with Crippen LogP contribution in [-0.2, 0) is 14.8 Å². The first-order chi connectivity index (χ1) is 7.04. The van der Waals surface area contributed by atoms with Crippen LogP contribution in [0.2, 0.25) is 0 Å². The van der Waals surface area contributed by atoms with Gasteiger partial charge in [0, 0.05) is 16.2 Å². The summed E-state index contributed by atoms with van der Waals surface area (Å²) in [7, 11) is 1.69. The molecule has 0 radical (unpaired) electrons. The van der Waals surface area contributed by atoms with Gasteiger partial charge in [0.05, 0.1) is 11.9 Å². The average Bonchev–Trinajstić information content (AvgIpc) is 2.89. The molecule has 0 unspecified atom stereocenters. The molecule has 0 spiro atoms. The second-order valence-corrected chi connectivity index (χ2v) is 6.39. The van der Waals surface area contributed by atoms with Crippen LogP contribution >= 0.6 is 10.7 Å². The highest BCUT2D eigenvalue weighted by Gasteiger charge is 2.24. The monoisotopic (exact) mass is 246 g/mol. The van der Waals surface area contributed by atoms with Crippen LogP contribution in [0.25, 0.3) is 0 Å². The van der Waals surface area contributed by atoms with Crippen LogP contribution < -0.4 is 4.74 Å². The SMILES string of the molecule is O=S(=O)(Cl)Cc1ccccc1OC1CC1. The summed E-state index contributed by atoms with van der Waals surface area (Å²) in [4.78, 5) is 0. The molecule has 0 aliphatic heterocycles. The predicted octanol–water partition coefficient (Wildman–Crippen LogP) is 2.30. The van der Waals surface area contributed by atoms with Crippen molar-refractivity contribution in [3.63, 3.8) is 0 Å². The van der Waals surface area contributed by atoms with E-state index >= 15 is 0 Å². The van der Waals surface area contributed by atoms with Gasteiger partial charge in [0.25, 0.3) is 0 Å². The van der Waals surface area contributed by atoms with Gasteiger partial charge < -0.3 is 4.74 Å². The van der Waals surface area contributed by atoms with Crippen LogP contribution in [0.4, 0.5) is 0 Å². The maximum absolute atomic E-state index is 11.0. The third-order valence-corrected chi connectivity index (χ3v) is 3.10. The quantitative estimate of drug-likeness (QED) is 0.766. The molecular weight excluding hydrogens is 236 g/mol. The lowest BCUT2D eigenvalue weighted by atomic mass is 10.2. The highest BCUT2D eigenvalue weighted by Crippen LogP contribution is 2.30. The number of ether oxygens (including phenoxy) is 1. The highest BCUT2D eigenvalue weighted by atomic mass is 35.7. The van der Waals surface area contributed by atoms with Gasteiger partial charge in [-0.1, -0.05) is 18.2 Å². The van der Waals surface area contributed by atoms with E-state index in [9.17, 15) is 8.42 Å². The van der Waals surface area contributed by atoms with E-state index in [0.29, 0.717) is 11.3 Å². The van der Waals surface area contributed by atoms with Gasteiger partial charge in [-0.05, 0) is 18.9 Å². The number of para-hydroxylation sites is 1. The Hall–Kier alpha value is -0.740. The Bertz CT molecular complexity index is 451. The second-order valence-electron chi connectivity index (χ2n) is 3.61. The average molecular weight is 247 g/mol. The molecule has 5 heteroatoms. The minimum atomic E-state index is -3.52. The van der Waals surface area contributed by atoms with Crippen LogP contribution in [0.1, 0.15) is 18.4 Å². The van der Waals surface area contributed by atoms with Crippen LogP contribution in [0.15, 0.2) is 24.3 Å². The van der Waals surface area contributed by atoms with Crippen molar-refractivity contribution in [2.75, 3.05) is 0 Å². The minimum Gasteiger partial charge on any atom is -0.490 e. The molecule has 1 aliphatic rings. The van der Waals surface area contributed by atoms with Crippen molar-refractivity contribution in [3.8, 4) is 5.75 Å². The molecule has 0 saturated heterocycles. The van der Waals surface area contributed by atoms with Crippen molar-refractivity contribution in [2.24, 2.45) is 0 Å². The summed E-state index contributed by atoms with van der Waals surface area (Å²) >= 11 is 0. The van der Waals surface area contributed by atoms with Gasteiger partial charge in [-0.15, -0.1) is 0 Å². The van der Waals surface area contributed by atoms with Gasteiger partial charge in [0.1, 0.15) is 5.75 Å². The summed E-state index contributed by atoms with van der Waals surface area (Å²) in [5.74, 6) is 0.446. The van der Waals surface area contributed by atoms with Crippen molar-refractivity contribution in [1.82, 2.24) is 0 Å². The van der Waals surface area contributed by atoms with E-state index in [1.54, 1.807) is 18.2 Å². The summed E-state index contributed by atoms with van der Waals surface area (Å²) in [6.45, 7) is 0. The number of halogens is 1. The Morgan fingerprint density at radius 2 is 2.00 bits per heavy atom. The van der Waals surface area contributed by atoms with Crippen LogP contribution in [0, 0.1) is 0 Å². The maximum atomic E-state index is 11.0. The van der Waals surface area contributed by atoms with Gasteiger partial charge in [-0.2, -0.15) is 0 Å². The van der Waals surface area contributed by atoms with E-state index < -0.39 is 9.05 Å². The Labute approximate surface area is 93.4 Å². The van der Waals surface area contributed by atoms with Gasteiger partial charge in [-0.25, -0.2) is 8.42 Å². The molecule has 1 aliphatic carbocycles. The van der Waals surface area contributed by atoms with Crippen molar-refractivity contribution in [3.05, 3.63) is 29.8 Å². The molecule has 15 heavy (non-hydrogen) atoms. The first-order valence-electron chi connectivity index (χ1n) is 4.71. The summed E-state index contributed by atoms with van der Waals surface area (Å²) < 4.78 is 27.5. The number of benzene rings is 1. The zero-order valence-electron chi connectivity index (χ0n) is 8.02. The molecule has 1 aromatic rings. The fourth-order valence-corrected chi connectivity index (χ4v) is 2.25. The zero-order chi connectivity index (χ0) is 10.9. The van der Waals surface area contributed by atoms with Crippen molar-refractivity contribution < 1.29 is 13.2 Å². The standard InChI is InChI=1S/C10H11ClO3S/c11-15(12,13)7-8-3-1-2-4-10(8)14-9-5-6-9/h1-4,9H,5-7H2. The van der Waals surface area contributed by atoms with Gasteiger partial charge in [-0.3, -0.25) is 0 Å². The first-order valence-corrected chi connectivity index (χ1v) is 7.19. The second kappa shape index (κ2) is 4.02. The number of hydrogen-bond acceptors (Lipinski definition) is 3. The molecule has 0 N–H and O–H groups in total. The maximum Gasteiger partial charge on any atom is 0.236 e. The molecule has 1 fully saturated rings. The smallest absolute Gasteiger partial charge is 0.236 e. The molecule has 0 heterocycles. The molecule has 2 rings (SSSR count). The molecule has 1 saturated carbocycles. The molecule has 3 nitrogen and oxygen atoms in total. The van der Waals surface area contributed by atoms with E-state index in [1.165, 1.54) is 0 Å². The Morgan fingerprint density at radius 3 is 2.60 bits per heavy atom. The molecule has 0 aromatic heterocycles. The van der Waals surface area contributed by atoms with Crippen molar-refractivity contribution in [1.29, 1.82) is 0 Å². The summed E-state index contributed by atoms with van der Waals surface area (Å²) in [5.41, 5.74) is 0.624. The lowest BCUT2D eigenvalue weighted by molar-refractivity contribution is 0.301. The zero-order valence-corrected chi connectivity index (χ0v) is 9.59. The van der Waals surface area contributed by atoms with Gasteiger partial charge in [0.2, 0.25) is 9.05 Å². The topological polar surface area (TPSA) is 43.4 Å². The van der Waals surface area contributed by atoms with Crippen LogP contribution in [0.5, 0.6) is 5.75 Å². The van der Waals surface area contributed by atoms with Gasteiger partial charge in [0.15, 0.2) is 0 Å². The van der Waals surface area contributed by atoms with E-state index in [2.05, 4.69) is 0 Å². The first kappa shape index (κ1) is 10.8. The molecular formula is C10H11ClO3S. The van der Waals surface area contributed by atoms with Crippen LogP contribution in [0.3, 0.4) is 0 Å². The third-order valence-electron chi connectivity index (χ3n) is 2.12. The molecule has 1 aromatic carbocycles. The summed E-state index contributed by atoms with van der Waals surface area (Å²) in [6, 6.07) is 7.09. The minimum absolute atomic E-state index is 0.183. The third kappa shape index (κ3) is 3.39. The Morgan fingerprint density at radius 1 is 1.33 bits per heavy atom. The Kier molecular flexibility index (Phi) is 2.89. The predicted molar refractivity (Wildman–Crippen MR) is 58.6 cm³/mol. The highest BCUT2D eigenvalue weighted by molar-refractivity contribution is 8.13. The van der Waals surface area contributed by atoms with Gasteiger partial charge >= 0.3 is 0 Å². The molecule has 0 amide bonds. The van der Waals surface area contributed by atoms with E-state index in [4.69, 9.17) is 15.4 Å². The lowest BCUT2D eigenvalue weighted by Crippen LogP contribution is -2.02. The molecule has 82 valence electrons. The summed E-state index contributed by atoms with van der Waals surface area (Å²) in [6.07, 6.45) is 2.34. The Balaban J connectivity index is 2.20. The fraction of sp³-hybridized carbons (Fsp3) is 0.400. The van der Waals surface area contributed by atoms with Crippen LogP contribution in [-0.4, -0.2) is 14.5 Å². The van der Waals surface area contributed by atoms with Crippen molar-refractivity contribution in [2.45, 2.75) is 24.7 Å². The summed E-state index contributed by atoms with van der Waals surface area (Å²) in [5, 5.41) is 0.